The van der Waals surface area contributed by atoms with E-state index >= 15 is 0 Å². The van der Waals surface area contributed by atoms with Gasteiger partial charge >= 0.3 is 7.60 Å². The van der Waals surface area contributed by atoms with Crippen LogP contribution >= 0.6 is 21.9 Å². The maximum Gasteiger partial charge on any atom is 0.350 e. The van der Waals surface area contributed by atoms with Gasteiger partial charge in [-0.25, -0.2) is 0 Å². The van der Waals surface area contributed by atoms with Crippen LogP contribution in [0.3, 0.4) is 0 Å². The van der Waals surface area contributed by atoms with Crippen molar-refractivity contribution in [3.8, 4) is 56.3 Å². The summed E-state index contributed by atoms with van der Waals surface area (Å²) in [5, 5.41) is 0. The van der Waals surface area contributed by atoms with Gasteiger partial charge in [-0.3, -0.25) is 27.9 Å². The van der Waals surface area contributed by atoms with Crippen LogP contribution in [0.25, 0.3) is 44.5 Å². The molecule has 19 N–H and O–H groups in total. The average Bonchev–Trinajstić information content (AvgIpc) is 0.818. The molecule has 9 rings (SSSR count). The molecule has 0 radical (unpaired) electrons. The highest BCUT2D eigenvalue weighted by atomic mass is 32.2. The average molecular weight is 1460 g/mol. The van der Waals surface area contributed by atoms with Gasteiger partial charge in [0.05, 0.1) is 79.4 Å². The lowest BCUT2D eigenvalue weighted by molar-refractivity contribution is 0.112. The van der Waals surface area contributed by atoms with Crippen LogP contribution in [0.2, 0.25) is 0 Å². The molecule has 0 saturated carbocycles. The highest BCUT2D eigenvalue weighted by Crippen LogP contribution is 2.38. The standard InChI is InChI=1S/2C15H21N4O3P.C13H17N4O5P.C11H16O4S.C10H10N4O/c1-23(2,20)10-21-8-9-22-14-12(11-6-4-3-5-7-11)13(16)18-15(17)19-14;1-23(2,21)10-22-9-8-19-14(20)12(13(16)18-15(19)17)11-6-4-3-5-7-11;14-11-10(9-4-2-1-3-5-9)12(17-13(15)16-11)22-7-6-21-8-23(18,19)20;1-3-14-8-9-15-16(12,13)11-6-4-10(2)5-7-11;11-8-7(6-4-2-1-3-5-6)9(15)14-10(12)13-8/h3-7H,8-10H2,1-2H3,(H4,16,17,18,19);3-7H,8-10,16H2,1-2H3,(H2,17,18);1-5H,6-8H2,(H2,18,19,20)(H4,14,15,16,17);4-7H,3,8-9H2,1-2H3;1-5H,(H5,11,12,13,14,15). The zero-order chi connectivity index (χ0) is 73.6. The molecular formula is C64H85N16O16P3S. The Bertz CT molecular complexity index is 4320. The smallest absolute Gasteiger partial charge is 0.350 e. The molecule has 100 heavy (non-hydrogen) atoms. The second-order valence-electron chi connectivity index (χ2n) is 22.1. The van der Waals surface area contributed by atoms with Crippen molar-refractivity contribution in [2.75, 3.05) is 144 Å². The van der Waals surface area contributed by atoms with Gasteiger partial charge in [0.2, 0.25) is 35.6 Å². The molecule has 0 bridgehead atoms. The minimum Gasteiger partial charge on any atom is -0.475 e. The molecule has 36 heteroatoms. The molecule has 0 atom stereocenters. The van der Waals surface area contributed by atoms with Crippen molar-refractivity contribution < 1.29 is 64.5 Å². The SMILES string of the molecule is CCOCCOS(=O)(=O)c1ccc(C)cc1.CP(C)(=O)COCCOc1nc(N)nc(N)c1-c1ccccc1.CP(C)(=O)COCCn1c(N)nc(N)c(-c2ccccc2)c1=O.Nc1nc(N)c(-c2ccccc2)c(=O)[nH]1.Nc1nc(N)c(-c2ccccc2)c(OCCOCP(=O)(O)O)n1. The molecule has 32 nitrogen and oxygen atoms in total. The summed E-state index contributed by atoms with van der Waals surface area (Å²) >= 11 is 0. The van der Waals surface area contributed by atoms with E-state index in [4.69, 9.17) is 88.3 Å². The number of nitrogen functional groups attached to an aromatic ring is 8. The van der Waals surface area contributed by atoms with E-state index in [9.17, 15) is 31.7 Å². The quantitative estimate of drug-likeness (QED) is 0.0138. The Labute approximate surface area is 578 Å². The fraction of sp³-hybridized carbons (Fsp3) is 0.281. The van der Waals surface area contributed by atoms with Crippen molar-refractivity contribution in [1.82, 2.24) is 39.5 Å². The van der Waals surface area contributed by atoms with Gasteiger partial charge in [-0.2, -0.15) is 38.3 Å². The van der Waals surface area contributed by atoms with Crippen molar-refractivity contribution in [2.24, 2.45) is 0 Å². The van der Waals surface area contributed by atoms with Gasteiger partial charge < -0.3 is 93.2 Å². The van der Waals surface area contributed by atoms with E-state index in [1.54, 1.807) is 63.1 Å². The van der Waals surface area contributed by atoms with Gasteiger partial charge in [-0.15, -0.1) is 0 Å². The molecule has 0 aliphatic rings. The first-order valence-corrected chi connectivity index (χ1v) is 39.1. The lowest BCUT2D eigenvalue weighted by Crippen LogP contribution is -2.28. The summed E-state index contributed by atoms with van der Waals surface area (Å²) in [4.78, 5) is 68.1. The van der Waals surface area contributed by atoms with Crippen molar-refractivity contribution >= 4 is 79.1 Å². The van der Waals surface area contributed by atoms with Crippen LogP contribution in [-0.2, 0) is 53.5 Å². The van der Waals surface area contributed by atoms with Gasteiger partial charge in [0.25, 0.3) is 21.2 Å². The number of H-pyrrole nitrogens is 1. The Hall–Kier alpha value is -9.62. The molecule has 5 aromatic carbocycles. The van der Waals surface area contributed by atoms with Crippen LogP contribution in [0.15, 0.2) is 160 Å². The van der Waals surface area contributed by atoms with Crippen LogP contribution in [0, 0.1) is 6.92 Å². The van der Waals surface area contributed by atoms with Crippen molar-refractivity contribution in [2.45, 2.75) is 25.3 Å². The van der Waals surface area contributed by atoms with Crippen LogP contribution in [0.4, 0.5) is 47.1 Å². The topological polar surface area (TPSA) is 531 Å². The summed E-state index contributed by atoms with van der Waals surface area (Å²) in [5.74, 6) is 1.23. The largest absolute Gasteiger partial charge is 0.475 e. The van der Waals surface area contributed by atoms with E-state index < -0.39 is 38.3 Å². The number of nitrogens with zero attached hydrogens (tertiary/aromatic N) is 7. The third-order valence-corrected chi connectivity index (χ3v) is 16.2. The van der Waals surface area contributed by atoms with Crippen molar-refractivity contribution in [3.63, 3.8) is 0 Å². The number of benzene rings is 5. The molecule has 0 aliphatic heterocycles. The number of rotatable bonds is 27. The number of aromatic nitrogens is 8. The normalized spacial score (nSPS) is 11.3. The monoisotopic (exact) mass is 1460 g/mol. The predicted octanol–water partition coefficient (Wildman–Crippen LogP) is 7.13. The lowest BCUT2D eigenvalue weighted by Gasteiger charge is -2.14. The van der Waals surface area contributed by atoms with Gasteiger partial charge in [-0.1, -0.05) is 139 Å². The van der Waals surface area contributed by atoms with E-state index in [-0.39, 0.29) is 128 Å². The number of hydrogen-bond donors (Lipinski definition) is 11. The summed E-state index contributed by atoms with van der Waals surface area (Å²) in [5.41, 5.74) is 50.9. The van der Waals surface area contributed by atoms with Crippen molar-refractivity contribution in [1.29, 1.82) is 0 Å². The van der Waals surface area contributed by atoms with Crippen molar-refractivity contribution in [3.05, 3.63) is 172 Å². The first-order chi connectivity index (χ1) is 47.3. The molecule has 0 spiro atoms. The molecule has 0 aliphatic carbocycles. The van der Waals surface area contributed by atoms with Crippen LogP contribution in [0.1, 0.15) is 12.5 Å². The predicted molar refractivity (Wildman–Crippen MR) is 390 cm³/mol. The third-order valence-electron chi connectivity index (χ3n) is 12.7. The zero-order valence-electron chi connectivity index (χ0n) is 56.0. The molecule has 9 aromatic rings. The fourth-order valence-electron chi connectivity index (χ4n) is 8.40. The Balaban J connectivity index is 0.000000228. The summed E-state index contributed by atoms with van der Waals surface area (Å²) in [6, 6.07) is 43.3. The zero-order valence-corrected chi connectivity index (χ0v) is 59.5. The van der Waals surface area contributed by atoms with Crippen LogP contribution in [-0.4, -0.2) is 156 Å². The number of nitrogens with two attached hydrogens (primary N) is 8. The number of aryl methyl sites for hydroxylation is 1. The maximum atomic E-state index is 12.7. The second kappa shape index (κ2) is 39.2. The third kappa shape index (κ3) is 28.0. The first kappa shape index (κ1) is 81.1. The van der Waals surface area contributed by atoms with Gasteiger partial charge in [0, 0.05) is 6.61 Å². The molecule has 4 aromatic heterocycles. The Morgan fingerprint density at radius 1 is 0.470 bits per heavy atom. The number of nitrogens with one attached hydrogen (secondary N) is 1. The molecule has 0 saturated heterocycles. The summed E-state index contributed by atoms with van der Waals surface area (Å²) < 4.78 is 94.8. The molecule has 0 unspecified atom stereocenters. The molecule has 4 heterocycles. The molecule has 538 valence electrons. The number of ether oxygens (including phenoxy) is 6. The highest BCUT2D eigenvalue weighted by molar-refractivity contribution is 7.86. The fourth-order valence-corrected chi connectivity index (χ4v) is 10.8. The summed E-state index contributed by atoms with van der Waals surface area (Å²) in [7, 11) is -12.3. The molecule has 0 fully saturated rings. The van der Waals surface area contributed by atoms with Gasteiger partial charge in [-0.05, 0) is 74.9 Å². The van der Waals surface area contributed by atoms with Crippen LogP contribution in [0.5, 0.6) is 11.8 Å². The first-order valence-electron chi connectivity index (χ1n) is 30.3. The van der Waals surface area contributed by atoms with E-state index in [0.717, 1.165) is 22.3 Å². The maximum absolute atomic E-state index is 12.7. The summed E-state index contributed by atoms with van der Waals surface area (Å²) in [6.45, 7) is 12.2. The number of aromatic amines is 1. The van der Waals surface area contributed by atoms with Crippen LogP contribution < -0.4 is 66.5 Å². The van der Waals surface area contributed by atoms with E-state index in [1.165, 1.54) is 16.7 Å². The minimum atomic E-state index is -4.19. The molecular weight excluding hydrogens is 1370 g/mol. The second-order valence-corrected chi connectivity index (χ2v) is 32.1. The van der Waals surface area contributed by atoms with E-state index in [0.29, 0.717) is 46.9 Å². The molecule has 0 amide bonds. The highest BCUT2D eigenvalue weighted by Gasteiger charge is 2.20. The Morgan fingerprint density at radius 2 is 0.860 bits per heavy atom. The summed E-state index contributed by atoms with van der Waals surface area (Å²) in [6.07, 6.45) is -0.290. The lowest BCUT2D eigenvalue weighted by atomic mass is 10.1. The van der Waals surface area contributed by atoms with E-state index in [2.05, 4.69) is 34.9 Å². The number of hydrogen-bond acceptors (Lipinski definition) is 28. The van der Waals surface area contributed by atoms with E-state index in [1.807, 2.05) is 111 Å². The van der Waals surface area contributed by atoms with Gasteiger partial charge in [0.15, 0.2) is 0 Å². The van der Waals surface area contributed by atoms with Gasteiger partial charge in [0.1, 0.15) is 57.1 Å². The minimum absolute atomic E-state index is 0.0235. The number of anilines is 8. The Kier molecular flexibility index (Phi) is 31.8. The Morgan fingerprint density at radius 3 is 1.28 bits per heavy atom.